The number of carbonyl (C=O) groups excluding carboxylic acids is 2. The van der Waals surface area contributed by atoms with Gasteiger partial charge in [-0.3, -0.25) is 9.48 Å². The first-order chi connectivity index (χ1) is 19.4. The van der Waals surface area contributed by atoms with Crippen molar-refractivity contribution in [2.24, 2.45) is 0 Å². The predicted octanol–water partition coefficient (Wildman–Crippen LogP) is 6.23. The van der Waals surface area contributed by atoms with Crippen LogP contribution in [0, 0.1) is 11.6 Å². The number of carbonyl (C=O) groups is 2. The van der Waals surface area contributed by atoms with Crippen LogP contribution in [-0.4, -0.2) is 34.8 Å². The maximum Gasteiger partial charge on any atom is 0.328 e. The van der Waals surface area contributed by atoms with E-state index in [0.29, 0.717) is 11.3 Å². The second-order valence-electron chi connectivity index (χ2n) is 11.1. The lowest BCUT2D eigenvalue weighted by molar-refractivity contribution is -0.142. The van der Waals surface area contributed by atoms with Crippen molar-refractivity contribution in [3.8, 4) is 0 Å². The van der Waals surface area contributed by atoms with Gasteiger partial charge in [-0.1, -0.05) is 49.9 Å². The van der Waals surface area contributed by atoms with Crippen LogP contribution in [0.5, 0.6) is 0 Å². The van der Waals surface area contributed by atoms with E-state index in [9.17, 15) is 18.4 Å². The summed E-state index contributed by atoms with van der Waals surface area (Å²) in [5, 5.41) is 7.84. The number of nitrogens with zero attached hydrogens (tertiary/aromatic N) is 2. The number of hydrogen-bond donors (Lipinski definition) is 1. The van der Waals surface area contributed by atoms with Gasteiger partial charge < -0.3 is 10.1 Å². The van der Waals surface area contributed by atoms with Crippen molar-refractivity contribution in [2.45, 2.75) is 88.6 Å². The van der Waals surface area contributed by atoms with Gasteiger partial charge in [0.1, 0.15) is 17.7 Å². The summed E-state index contributed by atoms with van der Waals surface area (Å²) in [6.07, 6.45) is 10.1. The highest BCUT2D eigenvalue weighted by molar-refractivity contribution is 5.96. The van der Waals surface area contributed by atoms with Crippen LogP contribution >= 0.6 is 0 Å². The number of amides is 1. The molecule has 1 N–H and O–H groups in total. The maximum absolute atomic E-state index is 13.8. The number of halogens is 2. The lowest BCUT2D eigenvalue weighted by Gasteiger charge is -2.27. The minimum atomic E-state index is -0.931. The molecule has 1 unspecified atom stereocenters. The first-order valence-corrected chi connectivity index (χ1v) is 14.4. The van der Waals surface area contributed by atoms with E-state index < -0.39 is 17.9 Å². The van der Waals surface area contributed by atoms with Crippen LogP contribution in [0.4, 0.5) is 8.78 Å². The highest BCUT2D eigenvalue weighted by Crippen LogP contribution is 2.39. The van der Waals surface area contributed by atoms with Crippen molar-refractivity contribution in [3.05, 3.63) is 88.2 Å². The predicted molar refractivity (Wildman–Crippen MR) is 148 cm³/mol. The average Bonchev–Trinajstić information content (AvgIpc) is 3.24. The van der Waals surface area contributed by atoms with Gasteiger partial charge in [-0.2, -0.15) is 5.10 Å². The second kappa shape index (κ2) is 12.7. The molecule has 2 atom stereocenters. The molecule has 0 aliphatic heterocycles. The zero-order valence-corrected chi connectivity index (χ0v) is 23.0. The molecule has 6 nitrogen and oxygen atoms in total. The molecule has 2 aliphatic rings. The number of nitrogens with one attached hydrogen (secondary N) is 1. The smallest absolute Gasteiger partial charge is 0.328 e. The molecule has 0 radical (unpaired) electrons. The van der Waals surface area contributed by atoms with Gasteiger partial charge in [0, 0.05) is 23.6 Å². The standard InChI is InChI=1S/C32H37F2N3O3/c1-40-32(39)28(20-22-13-17-25(34)18-14-22)35-31(38)29-27-10-6-5-7-23(19-21-11-15-24(33)16-12-21)30(27)37(36-29)26-8-3-2-4-9-26/h11-18,23,26,28H,2-10,19-20H2,1H3,(H,35,38)/t23?,28-/m0/s1. The van der Waals surface area contributed by atoms with Crippen molar-refractivity contribution in [1.29, 1.82) is 0 Å². The first kappa shape index (κ1) is 28.0. The zero-order valence-electron chi connectivity index (χ0n) is 23.0. The number of esters is 1. The van der Waals surface area contributed by atoms with Crippen molar-refractivity contribution in [2.75, 3.05) is 7.11 Å². The van der Waals surface area contributed by atoms with E-state index in [1.54, 1.807) is 12.1 Å². The summed E-state index contributed by atoms with van der Waals surface area (Å²) in [6, 6.07) is 11.8. The molecule has 1 amide bonds. The van der Waals surface area contributed by atoms with Crippen LogP contribution in [0.2, 0.25) is 0 Å². The van der Waals surface area contributed by atoms with Crippen molar-refractivity contribution in [3.63, 3.8) is 0 Å². The Labute approximate surface area is 234 Å². The lowest BCUT2D eigenvalue weighted by Crippen LogP contribution is -2.43. The molecule has 2 aromatic carbocycles. The molecule has 2 aliphatic carbocycles. The van der Waals surface area contributed by atoms with Gasteiger partial charge in [0.25, 0.3) is 5.91 Å². The van der Waals surface area contributed by atoms with Crippen LogP contribution < -0.4 is 5.32 Å². The van der Waals surface area contributed by atoms with Gasteiger partial charge >= 0.3 is 5.97 Å². The van der Waals surface area contributed by atoms with Crippen molar-refractivity contribution >= 4 is 11.9 Å². The topological polar surface area (TPSA) is 73.2 Å². The van der Waals surface area contributed by atoms with Gasteiger partial charge in [-0.05, 0) is 73.9 Å². The number of methoxy groups -OCH3 is 1. The Kier molecular flexibility index (Phi) is 8.92. The summed E-state index contributed by atoms with van der Waals surface area (Å²) in [6.45, 7) is 0. The molecule has 1 aromatic heterocycles. The Morgan fingerprint density at radius 2 is 1.55 bits per heavy atom. The summed E-state index contributed by atoms with van der Waals surface area (Å²) < 4.78 is 34.1. The fourth-order valence-corrected chi connectivity index (χ4v) is 6.30. The minimum absolute atomic E-state index is 0.162. The van der Waals surface area contributed by atoms with Gasteiger partial charge in [0.2, 0.25) is 0 Å². The molecule has 1 fully saturated rings. The Balaban J connectivity index is 1.48. The number of ether oxygens (including phenoxy) is 1. The number of hydrogen-bond acceptors (Lipinski definition) is 4. The van der Waals surface area contributed by atoms with Crippen LogP contribution in [-0.2, 0) is 28.8 Å². The van der Waals surface area contributed by atoms with E-state index in [4.69, 9.17) is 9.84 Å². The van der Waals surface area contributed by atoms with Crippen LogP contribution in [0.3, 0.4) is 0 Å². The fourth-order valence-electron chi connectivity index (χ4n) is 6.30. The fraction of sp³-hybridized carbons (Fsp3) is 0.469. The second-order valence-corrected chi connectivity index (χ2v) is 11.1. The number of fused-ring (bicyclic) bond motifs is 1. The molecule has 1 heterocycles. The molecular weight excluding hydrogens is 512 g/mol. The molecule has 0 saturated heterocycles. The molecular formula is C32H37F2N3O3. The summed E-state index contributed by atoms with van der Waals surface area (Å²) >= 11 is 0. The first-order valence-electron chi connectivity index (χ1n) is 14.4. The van der Waals surface area contributed by atoms with Crippen molar-refractivity contribution in [1.82, 2.24) is 15.1 Å². The molecule has 5 rings (SSSR count). The summed E-state index contributed by atoms with van der Waals surface area (Å²) in [5.74, 6) is -1.42. The molecule has 212 valence electrons. The lowest BCUT2D eigenvalue weighted by atomic mass is 9.89. The maximum atomic E-state index is 13.8. The summed E-state index contributed by atoms with van der Waals surface area (Å²) in [5.41, 5.74) is 4.22. The highest BCUT2D eigenvalue weighted by Gasteiger charge is 2.34. The molecule has 1 saturated carbocycles. The SMILES string of the molecule is COC(=O)[C@H](Cc1ccc(F)cc1)NC(=O)c1nn(C2CCCCC2)c2c1CCCCC2Cc1ccc(F)cc1. The summed E-state index contributed by atoms with van der Waals surface area (Å²) in [7, 11) is 1.29. The van der Waals surface area contributed by atoms with Gasteiger partial charge in [-0.15, -0.1) is 0 Å². The Bertz CT molecular complexity index is 1310. The third-order valence-corrected chi connectivity index (χ3v) is 8.34. The van der Waals surface area contributed by atoms with E-state index in [1.807, 2.05) is 12.1 Å². The molecule has 3 aromatic rings. The number of aromatic nitrogens is 2. The molecule has 0 bridgehead atoms. The van der Waals surface area contributed by atoms with Gasteiger partial charge in [0.15, 0.2) is 5.69 Å². The van der Waals surface area contributed by atoms with E-state index in [1.165, 1.54) is 37.8 Å². The summed E-state index contributed by atoms with van der Waals surface area (Å²) in [4.78, 5) is 26.5. The van der Waals surface area contributed by atoms with Crippen LogP contribution in [0.15, 0.2) is 48.5 Å². The van der Waals surface area contributed by atoms with Crippen LogP contribution in [0.1, 0.15) is 96.2 Å². The van der Waals surface area contributed by atoms with E-state index in [2.05, 4.69) is 10.00 Å². The Hall–Kier alpha value is -3.55. The van der Waals surface area contributed by atoms with Crippen molar-refractivity contribution < 1.29 is 23.1 Å². The monoisotopic (exact) mass is 549 g/mol. The van der Waals surface area contributed by atoms with Gasteiger partial charge in [0.05, 0.1) is 13.2 Å². The molecule has 40 heavy (non-hydrogen) atoms. The van der Waals surface area contributed by atoms with E-state index in [-0.39, 0.29) is 30.0 Å². The highest BCUT2D eigenvalue weighted by atomic mass is 19.1. The zero-order chi connectivity index (χ0) is 28.1. The molecule has 8 heteroatoms. The largest absolute Gasteiger partial charge is 0.467 e. The van der Waals surface area contributed by atoms with Gasteiger partial charge in [-0.25, -0.2) is 13.6 Å². The Morgan fingerprint density at radius 3 is 2.20 bits per heavy atom. The average molecular weight is 550 g/mol. The van der Waals surface area contributed by atoms with E-state index in [0.717, 1.165) is 74.6 Å². The Morgan fingerprint density at radius 1 is 0.925 bits per heavy atom. The quantitative estimate of drug-likeness (QED) is 0.267. The van der Waals surface area contributed by atoms with Crippen LogP contribution in [0.25, 0.3) is 0 Å². The third-order valence-electron chi connectivity index (χ3n) is 8.34. The number of rotatable bonds is 8. The van der Waals surface area contributed by atoms with E-state index >= 15 is 0 Å². The third kappa shape index (κ3) is 6.43. The number of benzene rings is 2. The minimum Gasteiger partial charge on any atom is -0.467 e. The molecule has 0 spiro atoms. The normalized spacial score (nSPS) is 18.4.